The van der Waals surface area contributed by atoms with E-state index >= 15 is 0 Å². The largest absolute Gasteiger partial charge is 0.396 e. The molecule has 1 aliphatic rings. The Hall–Kier alpha value is 0.270. The zero-order chi connectivity index (χ0) is 9.52. The van der Waals surface area contributed by atoms with E-state index in [0.29, 0.717) is 6.61 Å². The summed E-state index contributed by atoms with van der Waals surface area (Å²) in [5, 5.41) is 8.81. The molecule has 2 nitrogen and oxygen atoms in total. The van der Waals surface area contributed by atoms with Crippen LogP contribution in [-0.4, -0.2) is 48.3 Å². The fourth-order valence-electron chi connectivity index (χ4n) is 1.97. The lowest BCUT2D eigenvalue weighted by atomic mass is 10.1. The summed E-state index contributed by atoms with van der Waals surface area (Å²) in [5.74, 6) is 2.04. The van der Waals surface area contributed by atoms with E-state index in [9.17, 15) is 0 Å². The molecule has 0 aromatic carbocycles. The lowest BCUT2D eigenvalue weighted by molar-refractivity contribution is 0.251. The third kappa shape index (κ3) is 4.34. The molecule has 1 aliphatic heterocycles. The molecule has 0 aromatic heterocycles. The van der Waals surface area contributed by atoms with Gasteiger partial charge in [0.25, 0.3) is 0 Å². The third-order valence-electron chi connectivity index (χ3n) is 2.73. The Bertz CT molecular complexity index is 132. The first-order chi connectivity index (χ1) is 6.36. The Balaban J connectivity index is 2.03. The van der Waals surface area contributed by atoms with Gasteiger partial charge >= 0.3 is 0 Å². The third-order valence-corrected chi connectivity index (χ3v) is 3.43. The van der Waals surface area contributed by atoms with Crippen molar-refractivity contribution in [2.75, 3.05) is 38.2 Å². The van der Waals surface area contributed by atoms with Crippen molar-refractivity contribution in [2.24, 2.45) is 5.92 Å². The molecule has 0 bridgehead atoms. The predicted molar refractivity (Wildman–Crippen MR) is 59.2 cm³/mol. The van der Waals surface area contributed by atoms with Crippen LogP contribution in [0.3, 0.4) is 0 Å². The SMILES string of the molecule is CSCCCN1CCC(CCO)C1. The van der Waals surface area contributed by atoms with Crippen LogP contribution in [0.15, 0.2) is 0 Å². The Labute approximate surface area is 85.7 Å². The van der Waals surface area contributed by atoms with Gasteiger partial charge in [-0.2, -0.15) is 11.8 Å². The second-order valence-corrected chi connectivity index (χ2v) is 4.80. The predicted octanol–water partition coefficient (Wildman–Crippen LogP) is 1.44. The summed E-state index contributed by atoms with van der Waals surface area (Å²) < 4.78 is 0. The fraction of sp³-hybridized carbons (Fsp3) is 1.00. The van der Waals surface area contributed by atoms with E-state index in [-0.39, 0.29) is 0 Å². The Morgan fingerprint density at radius 2 is 2.38 bits per heavy atom. The molecule has 1 rings (SSSR count). The van der Waals surface area contributed by atoms with Gasteiger partial charge in [0.1, 0.15) is 0 Å². The summed E-state index contributed by atoms with van der Waals surface area (Å²) in [6, 6.07) is 0. The van der Waals surface area contributed by atoms with Gasteiger partial charge in [-0.3, -0.25) is 0 Å². The van der Waals surface area contributed by atoms with E-state index in [1.54, 1.807) is 0 Å². The van der Waals surface area contributed by atoms with E-state index in [2.05, 4.69) is 11.2 Å². The van der Waals surface area contributed by atoms with E-state index in [1.165, 1.54) is 38.2 Å². The maximum atomic E-state index is 8.81. The summed E-state index contributed by atoms with van der Waals surface area (Å²) >= 11 is 1.93. The minimum atomic E-state index is 0.364. The van der Waals surface area contributed by atoms with Crippen molar-refractivity contribution in [3.8, 4) is 0 Å². The molecular weight excluding hydrogens is 182 g/mol. The highest BCUT2D eigenvalue weighted by molar-refractivity contribution is 7.98. The van der Waals surface area contributed by atoms with Crippen LogP contribution in [0.5, 0.6) is 0 Å². The van der Waals surface area contributed by atoms with Gasteiger partial charge in [-0.15, -0.1) is 0 Å². The van der Waals surface area contributed by atoms with Gasteiger partial charge in [0.15, 0.2) is 0 Å². The van der Waals surface area contributed by atoms with Crippen molar-refractivity contribution in [1.82, 2.24) is 4.90 Å². The smallest absolute Gasteiger partial charge is 0.0434 e. The molecule has 3 heteroatoms. The van der Waals surface area contributed by atoms with E-state index < -0.39 is 0 Å². The van der Waals surface area contributed by atoms with Gasteiger partial charge in [0.2, 0.25) is 0 Å². The summed E-state index contributed by atoms with van der Waals surface area (Å²) in [6.07, 6.45) is 5.77. The highest BCUT2D eigenvalue weighted by Crippen LogP contribution is 2.19. The summed E-state index contributed by atoms with van der Waals surface area (Å²) in [5.41, 5.74) is 0. The van der Waals surface area contributed by atoms with Crippen LogP contribution >= 0.6 is 11.8 Å². The van der Waals surface area contributed by atoms with E-state index in [4.69, 9.17) is 5.11 Å². The molecule has 13 heavy (non-hydrogen) atoms. The van der Waals surface area contributed by atoms with Crippen molar-refractivity contribution >= 4 is 11.8 Å². The van der Waals surface area contributed by atoms with Crippen molar-refractivity contribution < 1.29 is 5.11 Å². The number of aliphatic hydroxyl groups excluding tert-OH is 1. The average Bonchev–Trinajstić information content (AvgIpc) is 2.54. The summed E-state index contributed by atoms with van der Waals surface area (Å²) in [4.78, 5) is 2.54. The zero-order valence-corrected chi connectivity index (χ0v) is 9.35. The molecular formula is C10H21NOS. The number of thioether (sulfide) groups is 1. The summed E-state index contributed by atoms with van der Waals surface area (Å²) in [7, 11) is 0. The number of aliphatic hydroxyl groups is 1. The first-order valence-electron chi connectivity index (χ1n) is 5.19. The zero-order valence-electron chi connectivity index (χ0n) is 8.54. The summed E-state index contributed by atoms with van der Waals surface area (Å²) in [6.45, 7) is 4.08. The minimum absolute atomic E-state index is 0.364. The Kier molecular flexibility index (Phi) is 5.83. The maximum Gasteiger partial charge on any atom is 0.0434 e. The molecule has 78 valence electrons. The van der Waals surface area contributed by atoms with Gasteiger partial charge in [0.05, 0.1) is 0 Å². The standard InChI is InChI=1S/C10H21NOS/c1-13-8-2-5-11-6-3-10(9-11)4-7-12/h10,12H,2-9H2,1H3. The molecule has 0 aliphatic carbocycles. The van der Waals surface area contributed by atoms with Crippen molar-refractivity contribution in [3.05, 3.63) is 0 Å². The van der Waals surface area contributed by atoms with Crippen LogP contribution in [0.4, 0.5) is 0 Å². The Morgan fingerprint density at radius 3 is 3.08 bits per heavy atom. The Morgan fingerprint density at radius 1 is 1.54 bits per heavy atom. The molecule has 0 aromatic rings. The number of likely N-dealkylation sites (tertiary alicyclic amines) is 1. The van der Waals surface area contributed by atoms with Crippen LogP contribution in [0.1, 0.15) is 19.3 Å². The molecule has 0 radical (unpaired) electrons. The van der Waals surface area contributed by atoms with Gasteiger partial charge in [-0.25, -0.2) is 0 Å². The molecule has 1 heterocycles. The minimum Gasteiger partial charge on any atom is -0.396 e. The van der Waals surface area contributed by atoms with Gasteiger partial charge in [-0.05, 0) is 50.3 Å². The number of hydrogen-bond donors (Lipinski definition) is 1. The number of nitrogens with zero attached hydrogens (tertiary/aromatic N) is 1. The molecule has 0 saturated carbocycles. The van der Waals surface area contributed by atoms with Crippen LogP contribution in [0.25, 0.3) is 0 Å². The fourth-order valence-corrected chi connectivity index (χ4v) is 2.38. The molecule has 0 amide bonds. The monoisotopic (exact) mass is 203 g/mol. The van der Waals surface area contributed by atoms with Crippen LogP contribution < -0.4 is 0 Å². The van der Waals surface area contributed by atoms with Crippen LogP contribution in [-0.2, 0) is 0 Å². The van der Waals surface area contributed by atoms with Gasteiger partial charge in [0, 0.05) is 13.2 Å². The van der Waals surface area contributed by atoms with Crippen molar-refractivity contribution in [2.45, 2.75) is 19.3 Å². The van der Waals surface area contributed by atoms with Crippen LogP contribution in [0, 0.1) is 5.92 Å². The van der Waals surface area contributed by atoms with Gasteiger partial charge < -0.3 is 10.0 Å². The normalized spacial score (nSPS) is 24.0. The molecule has 1 atom stereocenters. The first kappa shape index (κ1) is 11.3. The van der Waals surface area contributed by atoms with Crippen LogP contribution in [0.2, 0.25) is 0 Å². The molecule has 0 spiro atoms. The first-order valence-corrected chi connectivity index (χ1v) is 6.58. The maximum absolute atomic E-state index is 8.81. The second-order valence-electron chi connectivity index (χ2n) is 3.81. The van der Waals surface area contributed by atoms with Crippen molar-refractivity contribution in [3.63, 3.8) is 0 Å². The molecule has 1 fully saturated rings. The van der Waals surface area contributed by atoms with E-state index in [1.807, 2.05) is 11.8 Å². The lowest BCUT2D eigenvalue weighted by Crippen LogP contribution is -2.22. The number of hydrogen-bond acceptors (Lipinski definition) is 3. The quantitative estimate of drug-likeness (QED) is 0.661. The second kappa shape index (κ2) is 6.68. The van der Waals surface area contributed by atoms with Crippen molar-refractivity contribution in [1.29, 1.82) is 0 Å². The number of rotatable bonds is 6. The highest BCUT2D eigenvalue weighted by Gasteiger charge is 2.20. The average molecular weight is 203 g/mol. The van der Waals surface area contributed by atoms with Gasteiger partial charge in [-0.1, -0.05) is 0 Å². The molecule has 1 N–H and O–H groups in total. The van der Waals surface area contributed by atoms with E-state index in [0.717, 1.165) is 12.3 Å². The molecule has 1 unspecified atom stereocenters. The lowest BCUT2D eigenvalue weighted by Gasteiger charge is -2.14. The topological polar surface area (TPSA) is 23.5 Å². The molecule has 1 saturated heterocycles. The highest BCUT2D eigenvalue weighted by atomic mass is 32.2.